The smallest absolute Gasteiger partial charge is 0.259 e. The summed E-state index contributed by atoms with van der Waals surface area (Å²) in [4.78, 5) is 26.7. The number of carbonyl (C=O) groups is 1. The molecular formula is C28H23N9O. The van der Waals surface area contributed by atoms with Gasteiger partial charge in [0.05, 0.1) is 34.9 Å². The molecule has 10 nitrogen and oxygen atoms in total. The number of pyridine rings is 1. The zero-order valence-corrected chi connectivity index (χ0v) is 20.7. The van der Waals surface area contributed by atoms with Crippen molar-refractivity contribution in [3.8, 4) is 23.1 Å². The lowest BCUT2D eigenvalue weighted by Gasteiger charge is -2.15. The first-order valence-electron chi connectivity index (χ1n) is 11.9. The van der Waals surface area contributed by atoms with Gasteiger partial charge in [-0.3, -0.25) is 18.3 Å². The van der Waals surface area contributed by atoms with Crippen molar-refractivity contribution in [1.82, 2.24) is 38.9 Å². The molecule has 1 amide bonds. The summed E-state index contributed by atoms with van der Waals surface area (Å²) in [5, 5.41) is 7.24. The summed E-state index contributed by atoms with van der Waals surface area (Å²) < 4.78 is 5.39. The highest BCUT2D eigenvalue weighted by atomic mass is 16.1. The van der Waals surface area contributed by atoms with Gasteiger partial charge in [0.15, 0.2) is 5.65 Å². The van der Waals surface area contributed by atoms with Crippen molar-refractivity contribution in [2.45, 2.75) is 13.0 Å². The Labute approximate surface area is 217 Å². The van der Waals surface area contributed by atoms with Gasteiger partial charge in [0, 0.05) is 31.2 Å². The van der Waals surface area contributed by atoms with E-state index in [1.54, 1.807) is 27.7 Å². The van der Waals surface area contributed by atoms with Crippen molar-refractivity contribution in [2.75, 3.05) is 5.73 Å². The van der Waals surface area contributed by atoms with Gasteiger partial charge in [0.25, 0.3) is 5.91 Å². The fraction of sp³-hybridized carbons (Fsp3) is 0.107. The molecule has 38 heavy (non-hydrogen) atoms. The average molecular weight is 502 g/mol. The third-order valence-corrected chi connectivity index (χ3v) is 6.21. The molecular weight excluding hydrogens is 478 g/mol. The number of nitrogens with zero attached hydrogens (tertiary/aromatic N) is 7. The van der Waals surface area contributed by atoms with Crippen LogP contribution in [0.2, 0.25) is 0 Å². The molecule has 0 spiro atoms. The van der Waals surface area contributed by atoms with Gasteiger partial charge in [0.2, 0.25) is 0 Å². The molecule has 0 radical (unpaired) electrons. The SMILES string of the molecule is CC(NC(=O)c1c(N)ncn2ccnc12)c1nc2cccc(C#Cc3cnn(C)c3)n2c1-c1ccccc1. The number of hydrogen-bond donors (Lipinski definition) is 2. The van der Waals surface area contributed by atoms with Gasteiger partial charge in [-0.25, -0.2) is 15.0 Å². The van der Waals surface area contributed by atoms with Crippen LogP contribution in [0.1, 0.15) is 40.3 Å². The van der Waals surface area contributed by atoms with Crippen LogP contribution in [0, 0.1) is 11.8 Å². The van der Waals surface area contributed by atoms with Crippen molar-refractivity contribution in [3.05, 3.63) is 102 Å². The molecule has 5 aromatic heterocycles. The summed E-state index contributed by atoms with van der Waals surface area (Å²) in [6.07, 6.45) is 8.43. The Hall–Kier alpha value is -5.43. The molecule has 10 heteroatoms. The summed E-state index contributed by atoms with van der Waals surface area (Å²) in [7, 11) is 1.86. The van der Waals surface area contributed by atoms with Crippen LogP contribution < -0.4 is 11.1 Å². The third kappa shape index (κ3) is 4.02. The molecule has 1 unspecified atom stereocenters. The fourth-order valence-corrected chi connectivity index (χ4v) is 4.46. The summed E-state index contributed by atoms with van der Waals surface area (Å²) in [5.41, 5.74) is 11.5. The van der Waals surface area contributed by atoms with Gasteiger partial charge < -0.3 is 11.1 Å². The van der Waals surface area contributed by atoms with E-state index in [1.165, 1.54) is 6.33 Å². The molecule has 5 heterocycles. The lowest BCUT2D eigenvalue weighted by Crippen LogP contribution is -2.29. The van der Waals surface area contributed by atoms with Crippen molar-refractivity contribution >= 4 is 23.0 Å². The second-order valence-corrected chi connectivity index (χ2v) is 8.83. The number of fused-ring (bicyclic) bond motifs is 2. The maximum Gasteiger partial charge on any atom is 0.259 e. The first-order chi connectivity index (χ1) is 18.5. The second-order valence-electron chi connectivity index (χ2n) is 8.83. The van der Waals surface area contributed by atoms with Crippen LogP contribution in [0.3, 0.4) is 0 Å². The minimum absolute atomic E-state index is 0.111. The predicted molar refractivity (Wildman–Crippen MR) is 143 cm³/mol. The van der Waals surface area contributed by atoms with Crippen molar-refractivity contribution < 1.29 is 4.79 Å². The van der Waals surface area contributed by atoms with Crippen LogP contribution in [0.15, 0.2) is 79.6 Å². The number of rotatable bonds is 4. The summed E-state index contributed by atoms with van der Waals surface area (Å²) >= 11 is 0. The number of carbonyl (C=O) groups excluding carboxylic acids is 1. The number of imidazole rings is 2. The van der Waals surface area contributed by atoms with E-state index in [1.807, 2.05) is 73.1 Å². The molecule has 6 rings (SSSR count). The van der Waals surface area contributed by atoms with E-state index in [-0.39, 0.29) is 17.3 Å². The van der Waals surface area contributed by atoms with E-state index < -0.39 is 6.04 Å². The Morgan fingerprint density at radius 1 is 1.08 bits per heavy atom. The monoisotopic (exact) mass is 501 g/mol. The molecule has 0 aliphatic rings. The van der Waals surface area contributed by atoms with E-state index >= 15 is 0 Å². The zero-order valence-electron chi connectivity index (χ0n) is 20.7. The minimum Gasteiger partial charge on any atom is -0.383 e. The van der Waals surface area contributed by atoms with Gasteiger partial charge in [0.1, 0.15) is 23.4 Å². The van der Waals surface area contributed by atoms with Crippen molar-refractivity contribution in [2.24, 2.45) is 7.05 Å². The molecule has 1 aromatic carbocycles. The lowest BCUT2D eigenvalue weighted by molar-refractivity contribution is 0.0941. The van der Waals surface area contributed by atoms with E-state index in [0.717, 1.165) is 28.2 Å². The molecule has 6 aromatic rings. The van der Waals surface area contributed by atoms with Gasteiger partial charge in [-0.05, 0) is 25.0 Å². The molecule has 0 saturated carbocycles. The number of nitrogens with two attached hydrogens (primary N) is 1. The zero-order chi connectivity index (χ0) is 26.2. The Balaban J connectivity index is 1.46. The lowest BCUT2D eigenvalue weighted by atomic mass is 10.1. The molecule has 0 aliphatic heterocycles. The highest BCUT2D eigenvalue weighted by Crippen LogP contribution is 2.31. The molecule has 0 bridgehead atoms. The molecule has 186 valence electrons. The average Bonchev–Trinajstić information content (AvgIpc) is 3.66. The first kappa shape index (κ1) is 23.0. The second kappa shape index (κ2) is 9.22. The largest absolute Gasteiger partial charge is 0.383 e. The van der Waals surface area contributed by atoms with Gasteiger partial charge >= 0.3 is 0 Å². The quantitative estimate of drug-likeness (QED) is 0.358. The fourth-order valence-electron chi connectivity index (χ4n) is 4.46. The number of anilines is 1. The number of hydrogen-bond acceptors (Lipinski definition) is 6. The van der Waals surface area contributed by atoms with Crippen LogP contribution in [0.4, 0.5) is 5.82 Å². The number of amides is 1. The number of nitrogen functional groups attached to an aromatic ring is 1. The molecule has 3 N–H and O–H groups in total. The van der Waals surface area contributed by atoms with E-state index in [4.69, 9.17) is 10.7 Å². The summed E-state index contributed by atoms with van der Waals surface area (Å²) in [6, 6.07) is 15.3. The van der Waals surface area contributed by atoms with Crippen LogP contribution >= 0.6 is 0 Å². The minimum atomic E-state index is -0.466. The number of nitrogens with one attached hydrogen (secondary N) is 1. The van der Waals surface area contributed by atoms with Crippen LogP contribution in [-0.4, -0.2) is 39.4 Å². The van der Waals surface area contributed by atoms with Crippen LogP contribution in [0.25, 0.3) is 22.6 Å². The summed E-state index contributed by atoms with van der Waals surface area (Å²) in [6.45, 7) is 1.89. The predicted octanol–water partition coefficient (Wildman–Crippen LogP) is 3.25. The maximum absolute atomic E-state index is 13.4. The number of aryl methyl sites for hydroxylation is 1. The standard InChI is InChI=1S/C28H23N9O/c1-18(33-28(38)23-26(29)31-17-36-14-13-30-27(23)36)24-25(20-7-4-3-5-8-20)37-21(9-6-10-22(37)34-24)12-11-19-15-32-35(2)16-19/h3-10,13-18H,29H2,1-2H3,(H,33,38). The van der Waals surface area contributed by atoms with E-state index in [9.17, 15) is 4.79 Å². The Bertz CT molecular complexity index is 1870. The third-order valence-electron chi connectivity index (χ3n) is 6.21. The number of benzene rings is 1. The van der Waals surface area contributed by atoms with E-state index in [0.29, 0.717) is 11.3 Å². The first-order valence-corrected chi connectivity index (χ1v) is 11.9. The maximum atomic E-state index is 13.4. The topological polar surface area (TPSA) is 120 Å². The van der Waals surface area contributed by atoms with Gasteiger partial charge in [-0.1, -0.05) is 42.3 Å². The molecule has 0 aliphatic carbocycles. The van der Waals surface area contributed by atoms with E-state index in [2.05, 4.69) is 32.2 Å². The Morgan fingerprint density at radius 2 is 1.92 bits per heavy atom. The van der Waals surface area contributed by atoms with Crippen LogP contribution in [-0.2, 0) is 7.05 Å². The highest BCUT2D eigenvalue weighted by molar-refractivity contribution is 6.04. The van der Waals surface area contributed by atoms with Gasteiger partial charge in [-0.15, -0.1) is 0 Å². The number of aromatic nitrogens is 7. The Kier molecular flexibility index (Phi) is 5.58. The summed E-state index contributed by atoms with van der Waals surface area (Å²) in [5.74, 6) is 6.18. The molecule has 1 atom stereocenters. The molecule has 0 fully saturated rings. The van der Waals surface area contributed by atoms with Gasteiger partial charge in [-0.2, -0.15) is 5.10 Å². The molecule has 0 saturated heterocycles. The Morgan fingerprint density at radius 3 is 2.71 bits per heavy atom. The van der Waals surface area contributed by atoms with Crippen molar-refractivity contribution in [1.29, 1.82) is 0 Å². The van der Waals surface area contributed by atoms with Crippen LogP contribution in [0.5, 0.6) is 0 Å². The van der Waals surface area contributed by atoms with Crippen molar-refractivity contribution in [3.63, 3.8) is 0 Å². The highest BCUT2D eigenvalue weighted by Gasteiger charge is 2.24. The normalized spacial score (nSPS) is 11.8.